The van der Waals surface area contributed by atoms with Crippen LogP contribution < -0.4 is 20.7 Å². The van der Waals surface area contributed by atoms with Gasteiger partial charge in [-0.3, -0.25) is 14.9 Å². The lowest BCUT2D eigenvalue weighted by atomic mass is 9.95. The molecule has 1 fully saturated rings. The maximum atomic E-state index is 12.5. The fourth-order valence-corrected chi connectivity index (χ4v) is 4.23. The van der Waals surface area contributed by atoms with Crippen molar-refractivity contribution in [3.8, 4) is 5.75 Å². The summed E-state index contributed by atoms with van der Waals surface area (Å²) in [6.07, 6.45) is 5.71. The maximum Gasteiger partial charge on any atom is 0.257 e. The number of thiocarbonyl (C=S) groups is 1. The highest BCUT2D eigenvalue weighted by atomic mass is 79.9. The lowest BCUT2D eigenvalue weighted by Crippen LogP contribution is -2.36. The Bertz CT molecular complexity index is 973. The van der Waals surface area contributed by atoms with Gasteiger partial charge in [0.25, 0.3) is 11.8 Å². The van der Waals surface area contributed by atoms with Crippen molar-refractivity contribution < 1.29 is 14.3 Å². The van der Waals surface area contributed by atoms with Crippen molar-refractivity contribution in [2.24, 2.45) is 0 Å². The van der Waals surface area contributed by atoms with Gasteiger partial charge in [0.05, 0.1) is 10.6 Å². The van der Waals surface area contributed by atoms with Crippen LogP contribution in [0.5, 0.6) is 5.75 Å². The normalized spacial score (nSPS) is 14.0. The largest absolute Gasteiger partial charge is 0.490 e. The first-order valence-corrected chi connectivity index (χ1v) is 12.0. The van der Waals surface area contributed by atoms with E-state index >= 15 is 0 Å². The van der Waals surface area contributed by atoms with Gasteiger partial charge in [-0.15, -0.1) is 0 Å². The third-order valence-electron chi connectivity index (χ3n) is 5.13. The van der Waals surface area contributed by atoms with E-state index in [1.165, 1.54) is 19.3 Å². The lowest BCUT2D eigenvalue weighted by Gasteiger charge is -2.22. The molecule has 32 heavy (non-hydrogen) atoms. The van der Waals surface area contributed by atoms with Crippen LogP contribution >= 0.6 is 28.1 Å². The summed E-state index contributed by atoms with van der Waals surface area (Å²) < 4.78 is 6.36. The van der Waals surface area contributed by atoms with Crippen molar-refractivity contribution in [2.45, 2.75) is 58.1 Å². The number of carbonyl (C=O) groups is 2. The van der Waals surface area contributed by atoms with Crippen molar-refractivity contribution in [1.29, 1.82) is 0 Å². The molecule has 0 aromatic heterocycles. The molecule has 0 aliphatic heterocycles. The fraction of sp³-hybridized carbons (Fsp3) is 0.375. The Morgan fingerprint density at radius 1 is 1.00 bits per heavy atom. The molecule has 0 saturated heterocycles. The van der Waals surface area contributed by atoms with Gasteiger partial charge in [-0.05, 0) is 97.3 Å². The second kappa shape index (κ2) is 11.4. The molecular weight excluding hydrogens is 490 g/mol. The summed E-state index contributed by atoms with van der Waals surface area (Å²) in [4.78, 5) is 24.9. The van der Waals surface area contributed by atoms with Crippen molar-refractivity contribution in [1.82, 2.24) is 10.6 Å². The fourth-order valence-electron chi connectivity index (χ4n) is 3.55. The first-order valence-electron chi connectivity index (χ1n) is 10.8. The predicted octanol–water partition coefficient (Wildman–Crippen LogP) is 5.43. The quantitative estimate of drug-likeness (QED) is 0.445. The molecule has 0 heterocycles. The highest BCUT2D eigenvalue weighted by Crippen LogP contribution is 2.27. The van der Waals surface area contributed by atoms with E-state index in [2.05, 4.69) is 31.9 Å². The molecule has 6 nitrogen and oxygen atoms in total. The number of carbonyl (C=O) groups excluding carboxylic acids is 2. The Labute approximate surface area is 202 Å². The van der Waals surface area contributed by atoms with Gasteiger partial charge in [-0.25, -0.2) is 0 Å². The van der Waals surface area contributed by atoms with Crippen molar-refractivity contribution >= 4 is 50.8 Å². The van der Waals surface area contributed by atoms with E-state index in [9.17, 15) is 9.59 Å². The van der Waals surface area contributed by atoms with E-state index in [1.54, 1.807) is 42.5 Å². The number of amides is 2. The molecule has 0 radical (unpaired) electrons. The average molecular weight is 518 g/mol. The predicted molar refractivity (Wildman–Crippen MR) is 134 cm³/mol. The minimum atomic E-state index is -0.331. The van der Waals surface area contributed by atoms with Gasteiger partial charge in [0, 0.05) is 22.9 Å². The minimum absolute atomic E-state index is 0.0347. The zero-order chi connectivity index (χ0) is 23.1. The van der Waals surface area contributed by atoms with Gasteiger partial charge in [0.15, 0.2) is 5.11 Å². The molecule has 2 amide bonds. The van der Waals surface area contributed by atoms with E-state index < -0.39 is 0 Å². The summed E-state index contributed by atoms with van der Waals surface area (Å²) in [6, 6.07) is 12.4. The summed E-state index contributed by atoms with van der Waals surface area (Å²) in [6.45, 7) is 3.87. The van der Waals surface area contributed by atoms with Gasteiger partial charge < -0.3 is 15.4 Å². The second-order valence-electron chi connectivity index (χ2n) is 8.11. The Balaban J connectivity index is 1.52. The number of benzene rings is 2. The van der Waals surface area contributed by atoms with Crippen LogP contribution in [0.15, 0.2) is 46.9 Å². The topological polar surface area (TPSA) is 79.5 Å². The van der Waals surface area contributed by atoms with Crippen LogP contribution in [-0.4, -0.2) is 29.1 Å². The van der Waals surface area contributed by atoms with Gasteiger partial charge >= 0.3 is 0 Å². The smallest absolute Gasteiger partial charge is 0.257 e. The number of ether oxygens (including phenoxy) is 1. The molecule has 170 valence electrons. The van der Waals surface area contributed by atoms with Crippen LogP contribution in [0.3, 0.4) is 0 Å². The van der Waals surface area contributed by atoms with Crippen LogP contribution in [0.25, 0.3) is 0 Å². The average Bonchev–Trinajstić information content (AvgIpc) is 2.76. The van der Waals surface area contributed by atoms with Crippen LogP contribution in [0.1, 0.15) is 66.7 Å². The van der Waals surface area contributed by atoms with Crippen molar-refractivity contribution in [3.63, 3.8) is 0 Å². The summed E-state index contributed by atoms with van der Waals surface area (Å²) in [5.41, 5.74) is 1.74. The molecule has 0 unspecified atom stereocenters. The first kappa shape index (κ1) is 24.2. The lowest BCUT2D eigenvalue weighted by molar-refractivity contribution is 0.0926. The van der Waals surface area contributed by atoms with Crippen LogP contribution in [0, 0.1) is 0 Å². The number of halogens is 1. The molecule has 3 N–H and O–H groups in total. The molecule has 1 aliphatic carbocycles. The molecule has 0 atom stereocenters. The van der Waals surface area contributed by atoms with E-state index in [1.807, 2.05) is 13.8 Å². The summed E-state index contributed by atoms with van der Waals surface area (Å²) in [5, 5.41) is 8.92. The van der Waals surface area contributed by atoms with E-state index in [-0.39, 0.29) is 29.1 Å². The van der Waals surface area contributed by atoms with Gasteiger partial charge in [0.1, 0.15) is 5.75 Å². The van der Waals surface area contributed by atoms with Crippen molar-refractivity contribution in [3.05, 3.63) is 58.1 Å². The van der Waals surface area contributed by atoms with Crippen molar-refractivity contribution in [2.75, 3.05) is 5.32 Å². The zero-order valence-electron chi connectivity index (χ0n) is 18.2. The standard InChI is InChI=1S/C24H28BrN3O3S/c1-15(2)31-21-13-10-17(14-20(21)25)23(30)28-24(32)27-19-11-8-16(9-12-19)22(29)26-18-6-4-3-5-7-18/h8-15,18H,3-7H2,1-2H3,(H,26,29)(H2,27,28,30,32). The third kappa shape index (κ3) is 7.03. The van der Waals surface area contributed by atoms with Crippen LogP contribution in [0.2, 0.25) is 0 Å². The van der Waals surface area contributed by atoms with Crippen LogP contribution in [0.4, 0.5) is 5.69 Å². The van der Waals surface area contributed by atoms with Gasteiger partial charge in [-0.1, -0.05) is 19.3 Å². The molecule has 8 heteroatoms. The maximum absolute atomic E-state index is 12.5. The number of hydrogen-bond donors (Lipinski definition) is 3. The van der Waals surface area contributed by atoms with Gasteiger partial charge in [-0.2, -0.15) is 0 Å². The number of anilines is 1. The highest BCUT2D eigenvalue weighted by molar-refractivity contribution is 9.10. The SMILES string of the molecule is CC(C)Oc1ccc(C(=O)NC(=S)Nc2ccc(C(=O)NC3CCCCC3)cc2)cc1Br. The second-order valence-corrected chi connectivity index (χ2v) is 9.37. The van der Waals surface area contributed by atoms with Gasteiger partial charge in [0.2, 0.25) is 0 Å². The Kier molecular flexibility index (Phi) is 8.64. The minimum Gasteiger partial charge on any atom is -0.490 e. The summed E-state index contributed by atoms with van der Waals surface area (Å²) >= 11 is 8.69. The molecule has 0 bridgehead atoms. The molecule has 0 spiro atoms. The summed E-state index contributed by atoms with van der Waals surface area (Å²) in [5.74, 6) is 0.280. The number of nitrogens with one attached hydrogen (secondary N) is 3. The third-order valence-corrected chi connectivity index (χ3v) is 5.95. The Hall–Kier alpha value is -2.45. The first-order chi connectivity index (χ1) is 15.3. The molecule has 1 aliphatic rings. The Morgan fingerprint density at radius 2 is 1.66 bits per heavy atom. The van der Waals surface area contributed by atoms with Crippen LogP contribution in [-0.2, 0) is 0 Å². The number of hydrogen-bond acceptors (Lipinski definition) is 4. The highest BCUT2D eigenvalue weighted by Gasteiger charge is 2.17. The van der Waals surface area contributed by atoms with E-state index in [4.69, 9.17) is 17.0 Å². The Morgan fingerprint density at radius 3 is 2.28 bits per heavy atom. The summed E-state index contributed by atoms with van der Waals surface area (Å²) in [7, 11) is 0. The van der Waals surface area contributed by atoms with E-state index in [0.29, 0.717) is 27.0 Å². The molecule has 1 saturated carbocycles. The number of rotatable bonds is 6. The zero-order valence-corrected chi connectivity index (χ0v) is 20.6. The molecular formula is C24H28BrN3O3S. The van der Waals surface area contributed by atoms with E-state index in [0.717, 1.165) is 12.8 Å². The molecule has 2 aromatic carbocycles. The molecule has 3 rings (SSSR count). The molecule has 2 aromatic rings. The monoisotopic (exact) mass is 517 g/mol.